The first-order valence-corrected chi connectivity index (χ1v) is 8.49. The van der Waals surface area contributed by atoms with Gasteiger partial charge in [-0.2, -0.15) is 4.37 Å². The van der Waals surface area contributed by atoms with E-state index < -0.39 is 0 Å². The Morgan fingerprint density at radius 3 is 2.67 bits per heavy atom. The van der Waals surface area contributed by atoms with Crippen LogP contribution >= 0.6 is 11.5 Å². The number of aromatic nitrogens is 2. The molecule has 0 radical (unpaired) electrons. The van der Waals surface area contributed by atoms with Crippen LogP contribution in [0, 0.1) is 0 Å². The lowest BCUT2D eigenvalue weighted by Gasteiger charge is -2.28. The number of nitrogens with zero attached hydrogens (tertiary/aromatic N) is 3. The van der Waals surface area contributed by atoms with E-state index in [0.717, 1.165) is 23.9 Å². The van der Waals surface area contributed by atoms with Gasteiger partial charge in [-0.1, -0.05) is 37.3 Å². The Balaban J connectivity index is 1.70. The third kappa shape index (κ3) is 3.60. The van der Waals surface area contributed by atoms with E-state index in [1.54, 1.807) is 0 Å². The van der Waals surface area contributed by atoms with Crippen molar-refractivity contribution in [2.75, 3.05) is 25.0 Å². The second-order valence-corrected chi connectivity index (χ2v) is 6.17. The topological polar surface area (TPSA) is 41.1 Å². The fraction of sp³-hybridized carbons (Fsp3) is 0.500. The number of hydrogen-bond acceptors (Lipinski definition) is 5. The van der Waals surface area contributed by atoms with E-state index in [1.165, 1.54) is 43.0 Å². The van der Waals surface area contributed by atoms with Crippen molar-refractivity contribution in [2.24, 2.45) is 0 Å². The summed E-state index contributed by atoms with van der Waals surface area (Å²) in [6.07, 6.45) is 3.51. The maximum atomic E-state index is 4.50. The van der Waals surface area contributed by atoms with Crippen LogP contribution in [0.1, 0.15) is 37.2 Å². The molecule has 5 heteroatoms. The Labute approximate surface area is 130 Å². The van der Waals surface area contributed by atoms with Gasteiger partial charge in [-0.15, -0.1) is 0 Å². The lowest BCUT2D eigenvalue weighted by atomic mass is 10.1. The van der Waals surface area contributed by atoms with Gasteiger partial charge < -0.3 is 5.32 Å². The van der Waals surface area contributed by atoms with Crippen LogP contribution in [0.2, 0.25) is 0 Å². The van der Waals surface area contributed by atoms with Crippen LogP contribution in [-0.4, -0.2) is 33.9 Å². The van der Waals surface area contributed by atoms with Crippen molar-refractivity contribution in [2.45, 2.75) is 32.2 Å². The Morgan fingerprint density at radius 2 is 2.00 bits per heavy atom. The zero-order chi connectivity index (χ0) is 14.5. The van der Waals surface area contributed by atoms with Gasteiger partial charge in [-0.3, -0.25) is 4.90 Å². The van der Waals surface area contributed by atoms with E-state index >= 15 is 0 Å². The van der Waals surface area contributed by atoms with Crippen molar-refractivity contribution >= 4 is 16.7 Å². The monoisotopic (exact) mass is 302 g/mol. The summed E-state index contributed by atoms with van der Waals surface area (Å²) in [4.78, 5) is 7.07. The van der Waals surface area contributed by atoms with Crippen LogP contribution in [0.5, 0.6) is 0 Å². The van der Waals surface area contributed by atoms with Gasteiger partial charge in [0, 0.05) is 24.5 Å². The third-order valence-electron chi connectivity index (χ3n) is 4.00. The van der Waals surface area contributed by atoms with Gasteiger partial charge >= 0.3 is 0 Å². The molecule has 0 spiro atoms. The quantitative estimate of drug-likeness (QED) is 0.888. The first-order valence-electron chi connectivity index (χ1n) is 7.72. The van der Waals surface area contributed by atoms with E-state index in [1.807, 2.05) is 0 Å². The highest BCUT2D eigenvalue weighted by molar-refractivity contribution is 7.09. The zero-order valence-corrected chi connectivity index (χ0v) is 13.3. The van der Waals surface area contributed by atoms with Crippen LogP contribution in [0.25, 0.3) is 0 Å². The summed E-state index contributed by atoms with van der Waals surface area (Å²) in [6, 6.07) is 11.2. The molecule has 1 aromatic heterocycles. The second-order valence-electron chi connectivity index (χ2n) is 5.42. The molecular weight excluding hydrogens is 280 g/mol. The van der Waals surface area contributed by atoms with Gasteiger partial charge in [0.05, 0.1) is 6.04 Å². The van der Waals surface area contributed by atoms with Crippen LogP contribution in [0.3, 0.4) is 0 Å². The average Bonchev–Trinajstić information content (AvgIpc) is 3.20. The largest absolute Gasteiger partial charge is 0.358 e. The number of aryl methyl sites for hydroxylation is 1. The van der Waals surface area contributed by atoms with Gasteiger partial charge in [0.15, 0.2) is 0 Å². The molecule has 1 aliphatic heterocycles. The Kier molecular flexibility index (Phi) is 4.83. The van der Waals surface area contributed by atoms with E-state index in [0.29, 0.717) is 6.04 Å². The minimum Gasteiger partial charge on any atom is -0.358 e. The van der Waals surface area contributed by atoms with E-state index in [-0.39, 0.29) is 0 Å². The summed E-state index contributed by atoms with van der Waals surface area (Å²) in [5, 5.41) is 4.42. The molecule has 0 saturated carbocycles. The van der Waals surface area contributed by atoms with Crippen molar-refractivity contribution in [3.63, 3.8) is 0 Å². The molecule has 1 atom stereocenters. The number of hydrogen-bond donors (Lipinski definition) is 1. The molecule has 0 bridgehead atoms. The fourth-order valence-electron chi connectivity index (χ4n) is 2.84. The van der Waals surface area contributed by atoms with E-state index in [2.05, 4.69) is 56.8 Å². The van der Waals surface area contributed by atoms with E-state index in [4.69, 9.17) is 0 Å². The molecule has 1 fully saturated rings. The molecule has 1 aromatic carbocycles. The maximum Gasteiger partial charge on any atom is 0.202 e. The molecule has 2 heterocycles. The Hall–Kier alpha value is -1.46. The molecule has 1 N–H and O–H groups in total. The predicted molar refractivity (Wildman–Crippen MR) is 87.8 cm³/mol. The number of nitrogens with one attached hydrogen (secondary N) is 1. The first-order chi connectivity index (χ1) is 10.4. The van der Waals surface area contributed by atoms with Crippen molar-refractivity contribution in [1.82, 2.24) is 14.3 Å². The second kappa shape index (κ2) is 7.00. The normalized spacial score (nSPS) is 17.0. The van der Waals surface area contributed by atoms with Crippen molar-refractivity contribution in [1.29, 1.82) is 0 Å². The van der Waals surface area contributed by atoms with Crippen molar-refractivity contribution in [3.8, 4) is 0 Å². The van der Waals surface area contributed by atoms with Gasteiger partial charge in [-0.05, 0) is 31.5 Å². The molecule has 3 rings (SSSR count). The predicted octanol–water partition coefficient (Wildman–Crippen LogP) is 3.35. The van der Waals surface area contributed by atoms with Crippen LogP contribution in [0.4, 0.5) is 5.13 Å². The molecule has 112 valence electrons. The van der Waals surface area contributed by atoms with Gasteiger partial charge in [0.1, 0.15) is 5.82 Å². The molecule has 1 unspecified atom stereocenters. The molecule has 1 saturated heterocycles. The van der Waals surface area contributed by atoms with Crippen LogP contribution < -0.4 is 5.32 Å². The number of benzene rings is 1. The van der Waals surface area contributed by atoms with Gasteiger partial charge in [-0.25, -0.2) is 4.98 Å². The minimum absolute atomic E-state index is 0.419. The summed E-state index contributed by atoms with van der Waals surface area (Å²) in [5.41, 5.74) is 1.38. The van der Waals surface area contributed by atoms with E-state index in [9.17, 15) is 0 Å². The van der Waals surface area contributed by atoms with Crippen LogP contribution in [-0.2, 0) is 6.42 Å². The van der Waals surface area contributed by atoms with Crippen LogP contribution in [0.15, 0.2) is 30.3 Å². The number of anilines is 1. The highest BCUT2D eigenvalue weighted by Crippen LogP contribution is 2.25. The SMILES string of the molecule is CCc1nsc(NCC(c2ccccc2)N2CCCC2)n1. The maximum absolute atomic E-state index is 4.50. The highest BCUT2D eigenvalue weighted by Gasteiger charge is 2.23. The lowest BCUT2D eigenvalue weighted by Crippen LogP contribution is -2.31. The first kappa shape index (κ1) is 14.5. The Bertz CT molecular complexity index is 548. The molecule has 1 aliphatic rings. The molecule has 21 heavy (non-hydrogen) atoms. The fourth-order valence-corrected chi connectivity index (χ4v) is 3.50. The summed E-state index contributed by atoms with van der Waals surface area (Å²) < 4.78 is 4.34. The third-order valence-corrected chi connectivity index (χ3v) is 4.71. The average molecular weight is 302 g/mol. The van der Waals surface area contributed by atoms with Gasteiger partial charge in [0.25, 0.3) is 0 Å². The number of rotatable bonds is 6. The zero-order valence-electron chi connectivity index (χ0n) is 12.5. The summed E-state index contributed by atoms with van der Waals surface area (Å²) in [6.45, 7) is 5.36. The molecular formula is C16H22N4S. The summed E-state index contributed by atoms with van der Waals surface area (Å²) >= 11 is 1.46. The molecule has 0 aliphatic carbocycles. The van der Waals surface area contributed by atoms with Crippen molar-refractivity contribution in [3.05, 3.63) is 41.7 Å². The van der Waals surface area contributed by atoms with Crippen molar-refractivity contribution < 1.29 is 0 Å². The smallest absolute Gasteiger partial charge is 0.202 e. The molecule has 0 amide bonds. The molecule has 4 nitrogen and oxygen atoms in total. The summed E-state index contributed by atoms with van der Waals surface area (Å²) in [7, 11) is 0. The summed E-state index contributed by atoms with van der Waals surface area (Å²) in [5.74, 6) is 0.930. The van der Waals surface area contributed by atoms with Gasteiger partial charge in [0.2, 0.25) is 5.13 Å². The number of likely N-dealkylation sites (tertiary alicyclic amines) is 1. The minimum atomic E-state index is 0.419. The lowest BCUT2D eigenvalue weighted by molar-refractivity contribution is 0.256. The standard InChI is InChI=1S/C16H22N4S/c1-2-15-18-16(21-19-15)17-12-14(20-10-6-7-11-20)13-8-4-3-5-9-13/h3-5,8-9,14H,2,6-7,10-12H2,1H3,(H,17,18,19). The Morgan fingerprint density at radius 1 is 1.24 bits per heavy atom. The highest BCUT2D eigenvalue weighted by atomic mass is 32.1. The molecule has 2 aromatic rings.